The summed E-state index contributed by atoms with van der Waals surface area (Å²) in [5.41, 5.74) is 1.17. The highest BCUT2D eigenvalue weighted by Crippen LogP contribution is 2.17. The summed E-state index contributed by atoms with van der Waals surface area (Å²) in [6.45, 7) is 4.79. The lowest BCUT2D eigenvalue weighted by Crippen LogP contribution is -2.17. The van der Waals surface area contributed by atoms with Crippen LogP contribution in [-0.2, 0) is 4.74 Å². The van der Waals surface area contributed by atoms with Crippen molar-refractivity contribution in [3.63, 3.8) is 0 Å². The predicted octanol–water partition coefficient (Wildman–Crippen LogP) is 3.34. The van der Waals surface area contributed by atoms with E-state index in [-0.39, 0.29) is 5.82 Å². The second-order valence-corrected chi connectivity index (χ2v) is 4.48. The van der Waals surface area contributed by atoms with Crippen LogP contribution < -0.4 is 0 Å². The summed E-state index contributed by atoms with van der Waals surface area (Å²) in [5.74, 6) is 0.421. The molecule has 4 nitrogen and oxygen atoms in total. The van der Waals surface area contributed by atoms with E-state index < -0.39 is 0 Å². The van der Waals surface area contributed by atoms with Crippen LogP contribution in [0.1, 0.15) is 18.9 Å². The fraction of sp³-hybridized carbons (Fsp3) is 0.333. The fourth-order valence-electron chi connectivity index (χ4n) is 1.68. The van der Waals surface area contributed by atoms with Gasteiger partial charge in [-0.3, -0.25) is 4.57 Å². The Bertz CT molecular complexity index is 579. The van der Waals surface area contributed by atoms with Crippen LogP contribution >= 0.6 is 0 Å². The van der Waals surface area contributed by atoms with E-state index >= 15 is 0 Å². The van der Waals surface area contributed by atoms with Gasteiger partial charge in [0.15, 0.2) is 0 Å². The van der Waals surface area contributed by atoms with Crippen LogP contribution in [0.3, 0.4) is 0 Å². The zero-order valence-corrected chi connectivity index (χ0v) is 11.7. The first-order valence-corrected chi connectivity index (χ1v) is 6.60. The molecule has 20 heavy (non-hydrogen) atoms. The molecule has 1 aromatic heterocycles. The summed E-state index contributed by atoms with van der Waals surface area (Å²) in [5, 5.41) is 0. The highest BCUT2D eigenvalue weighted by molar-refractivity contribution is 5.87. The molecule has 0 bridgehead atoms. The molecular formula is C15H18FN3O. The molecule has 106 valence electrons. The number of ether oxygens (including phenoxy) is 1. The van der Waals surface area contributed by atoms with E-state index in [0.29, 0.717) is 30.3 Å². The van der Waals surface area contributed by atoms with Crippen LogP contribution in [0, 0.1) is 12.7 Å². The van der Waals surface area contributed by atoms with E-state index in [1.165, 1.54) is 6.07 Å². The maximum absolute atomic E-state index is 13.6. The average Bonchev–Trinajstić information content (AvgIpc) is 2.96. The minimum atomic E-state index is -0.259. The maximum Gasteiger partial charge on any atom is 0.140 e. The van der Waals surface area contributed by atoms with Crippen molar-refractivity contribution in [2.24, 2.45) is 4.99 Å². The number of aryl methyl sites for hydroxylation is 1. The number of hydrogen-bond donors (Lipinski definition) is 0. The SMILES string of the molecule is CCCOCC(=Nc1ccc(C)c(F)c1)n1ccnc1. The van der Waals surface area contributed by atoms with E-state index in [9.17, 15) is 4.39 Å². The first-order chi connectivity index (χ1) is 9.70. The number of aliphatic imine (C=N–C) groups is 1. The Morgan fingerprint density at radius 2 is 2.30 bits per heavy atom. The van der Waals surface area contributed by atoms with Gasteiger partial charge in [-0.1, -0.05) is 13.0 Å². The van der Waals surface area contributed by atoms with Gasteiger partial charge in [-0.2, -0.15) is 0 Å². The van der Waals surface area contributed by atoms with Gasteiger partial charge in [0.2, 0.25) is 0 Å². The summed E-state index contributed by atoms with van der Waals surface area (Å²) < 4.78 is 20.9. The number of hydrogen-bond acceptors (Lipinski definition) is 3. The number of halogens is 1. The van der Waals surface area contributed by atoms with Gasteiger partial charge in [-0.25, -0.2) is 14.4 Å². The van der Waals surface area contributed by atoms with Crippen LogP contribution in [0.15, 0.2) is 41.9 Å². The van der Waals surface area contributed by atoms with Crippen molar-refractivity contribution in [2.45, 2.75) is 20.3 Å². The minimum Gasteiger partial charge on any atom is -0.374 e. The Morgan fingerprint density at radius 1 is 1.45 bits per heavy atom. The molecule has 2 aromatic rings. The third-order valence-corrected chi connectivity index (χ3v) is 2.80. The molecule has 0 radical (unpaired) electrons. The molecule has 0 aliphatic heterocycles. The molecule has 0 unspecified atom stereocenters. The minimum absolute atomic E-state index is 0.259. The molecule has 0 saturated carbocycles. The number of aromatic nitrogens is 2. The first kappa shape index (κ1) is 14.4. The zero-order chi connectivity index (χ0) is 14.4. The lowest BCUT2D eigenvalue weighted by molar-refractivity contribution is 0.170. The highest BCUT2D eigenvalue weighted by Gasteiger charge is 2.05. The van der Waals surface area contributed by atoms with Gasteiger partial charge in [0.1, 0.15) is 24.6 Å². The quantitative estimate of drug-likeness (QED) is 0.477. The van der Waals surface area contributed by atoms with E-state index in [4.69, 9.17) is 4.74 Å². The fourth-order valence-corrected chi connectivity index (χ4v) is 1.68. The van der Waals surface area contributed by atoms with Gasteiger partial charge in [0.05, 0.1) is 5.69 Å². The van der Waals surface area contributed by atoms with Crippen molar-refractivity contribution in [1.29, 1.82) is 0 Å². The standard InChI is InChI=1S/C15H18FN3O/c1-3-8-20-10-15(19-7-6-17-11-19)18-13-5-4-12(2)14(16)9-13/h4-7,9,11H,3,8,10H2,1-2H3. The van der Waals surface area contributed by atoms with Gasteiger partial charge in [-0.05, 0) is 31.0 Å². The van der Waals surface area contributed by atoms with Crippen molar-refractivity contribution in [3.8, 4) is 0 Å². The van der Waals surface area contributed by atoms with Crippen LogP contribution in [-0.4, -0.2) is 28.6 Å². The van der Waals surface area contributed by atoms with Gasteiger partial charge in [0, 0.05) is 19.0 Å². The Kier molecular flexibility index (Phi) is 5.01. The largest absolute Gasteiger partial charge is 0.374 e. The Hall–Kier alpha value is -2.01. The molecule has 1 aromatic carbocycles. The van der Waals surface area contributed by atoms with E-state index in [1.807, 2.05) is 6.92 Å². The molecular weight excluding hydrogens is 257 g/mol. The molecule has 1 heterocycles. The smallest absolute Gasteiger partial charge is 0.140 e. The van der Waals surface area contributed by atoms with Crippen LogP contribution in [0.4, 0.5) is 10.1 Å². The monoisotopic (exact) mass is 275 g/mol. The summed E-state index contributed by atoms with van der Waals surface area (Å²) in [7, 11) is 0. The lowest BCUT2D eigenvalue weighted by Gasteiger charge is -2.08. The number of nitrogens with zero attached hydrogens (tertiary/aromatic N) is 3. The molecule has 0 aliphatic rings. The maximum atomic E-state index is 13.6. The lowest BCUT2D eigenvalue weighted by atomic mass is 10.2. The van der Waals surface area contributed by atoms with E-state index in [2.05, 4.69) is 9.98 Å². The third kappa shape index (κ3) is 3.74. The molecule has 0 atom stereocenters. The molecule has 0 fully saturated rings. The summed E-state index contributed by atoms with van der Waals surface area (Å²) in [4.78, 5) is 8.45. The van der Waals surface area contributed by atoms with E-state index in [0.717, 1.165) is 6.42 Å². The topological polar surface area (TPSA) is 39.4 Å². The molecule has 5 heteroatoms. The molecule has 0 aliphatic carbocycles. The van der Waals surface area contributed by atoms with E-state index in [1.54, 1.807) is 42.3 Å². The average molecular weight is 275 g/mol. The second-order valence-electron chi connectivity index (χ2n) is 4.48. The first-order valence-electron chi connectivity index (χ1n) is 6.60. The Labute approximate surface area is 117 Å². The van der Waals surface area contributed by atoms with Gasteiger partial charge < -0.3 is 4.74 Å². The zero-order valence-electron chi connectivity index (χ0n) is 11.7. The van der Waals surface area contributed by atoms with Crippen LogP contribution in [0.25, 0.3) is 0 Å². The van der Waals surface area contributed by atoms with Crippen molar-refractivity contribution >= 4 is 11.5 Å². The molecule has 0 saturated heterocycles. The van der Waals surface area contributed by atoms with Crippen LogP contribution in [0.2, 0.25) is 0 Å². The molecule has 0 spiro atoms. The van der Waals surface area contributed by atoms with Crippen molar-refractivity contribution < 1.29 is 9.13 Å². The number of benzene rings is 1. The molecule has 0 amide bonds. The van der Waals surface area contributed by atoms with Gasteiger partial charge in [0.25, 0.3) is 0 Å². The third-order valence-electron chi connectivity index (χ3n) is 2.80. The summed E-state index contributed by atoms with van der Waals surface area (Å²) in [6, 6.07) is 4.92. The molecule has 2 rings (SSSR count). The van der Waals surface area contributed by atoms with Crippen molar-refractivity contribution in [2.75, 3.05) is 13.2 Å². The Morgan fingerprint density at radius 3 is 2.95 bits per heavy atom. The van der Waals surface area contributed by atoms with Crippen molar-refractivity contribution in [1.82, 2.24) is 9.55 Å². The van der Waals surface area contributed by atoms with Gasteiger partial charge in [-0.15, -0.1) is 0 Å². The Balaban J connectivity index is 2.24. The summed E-state index contributed by atoms with van der Waals surface area (Å²) in [6.07, 6.45) is 6.05. The summed E-state index contributed by atoms with van der Waals surface area (Å²) >= 11 is 0. The second kappa shape index (κ2) is 6.96. The van der Waals surface area contributed by atoms with Crippen LogP contribution in [0.5, 0.6) is 0 Å². The molecule has 0 N–H and O–H groups in total. The number of imidazole rings is 1. The highest BCUT2D eigenvalue weighted by atomic mass is 19.1. The van der Waals surface area contributed by atoms with Crippen molar-refractivity contribution in [3.05, 3.63) is 48.3 Å². The normalized spacial score (nSPS) is 11.8. The number of rotatable bonds is 5. The van der Waals surface area contributed by atoms with Gasteiger partial charge >= 0.3 is 0 Å². The predicted molar refractivity (Wildman–Crippen MR) is 77.0 cm³/mol.